The van der Waals surface area contributed by atoms with E-state index in [1.54, 1.807) is 6.08 Å². The molecule has 8 N–H and O–H groups in total. The SMILES string of the molecule is C[C@]12CC[C@H](OC3O[C@H](CO)[C@@H](O)[C@H](O)[C@H]3OC3O[C@H](CO)[C@@H](O)[C@H](O)[C@H]3O)C[C@H]1CC[C@@H]1[C@@H]2CC[C@]2(C)[C@@H](C3=CC(=O)OC3)CC[C@]12O. The summed E-state index contributed by atoms with van der Waals surface area (Å²) in [7, 11) is 0. The molecule has 18 atom stereocenters. The second kappa shape index (κ2) is 13.3. The molecule has 278 valence electrons. The topological polar surface area (TPSA) is 225 Å². The molecule has 2 unspecified atom stereocenters. The number of hydrogen-bond donors (Lipinski definition) is 8. The number of rotatable bonds is 7. The highest BCUT2D eigenvalue weighted by atomic mass is 16.8. The average Bonchev–Trinajstić information content (AvgIpc) is 3.63. The van der Waals surface area contributed by atoms with Crippen LogP contribution in [0.1, 0.15) is 71.6 Å². The number of cyclic esters (lactones) is 1. The molecular formula is C35H54O14. The number of ether oxygens (including phenoxy) is 5. The molecule has 0 aromatic carbocycles. The van der Waals surface area contributed by atoms with Crippen LogP contribution in [-0.2, 0) is 28.5 Å². The Morgan fingerprint density at radius 1 is 0.776 bits per heavy atom. The van der Waals surface area contributed by atoms with Crippen molar-refractivity contribution in [1.29, 1.82) is 0 Å². The van der Waals surface area contributed by atoms with E-state index in [9.17, 15) is 45.6 Å². The van der Waals surface area contributed by atoms with Crippen molar-refractivity contribution in [3.63, 3.8) is 0 Å². The van der Waals surface area contributed by atoms with Crippen molar-refractivity contribution < 1.29 is 69.3 Å². The van der Waals surface area contributed by atoms with Gasteiger partial charge < -0.3 is 64.5 Å². The summed E-state index contributed by atoms with van der Waals surface area (Å²) < 4.78 is 29.0. The fourth-order valence-corrected chi connectivity index (χ4v) is 11.3. The minimum absolute atomic E-state index is 0.0351. The van der Waals surface area contributed by atoms with Gasteiger partial charge in [0.05, 0.1) is 24.9 Å². The number of carbonyl (C=O) groups excluding carboxylic acids is 1. The van der Waals surface area contributed by atoms with Gasteiger partial charge in [-0.3, -0.25) is 0 Å². The molecule has 4 saturated carbocycles. The normalized spacial score (nSPS) is 54.4. The van der Waals surface area contributed by atoms with Crippen LogP contribution in [0.5, 0.6) is 0 Å². The zero-order valence-electron chi connectivity index (χ0n) is 28.3. The summed E-state index contributed by atoms with van der Waals surface area (Å²) in [5, 5.41) is 84.8. The van der Waals surface area contributed by atoms with Gasteiger partial charge in [0.2, 0.25) is 0 Å². The van der Waals surface area contributed by atoms with Crippen molar-refractivity contribution in [2.24, 2.45) is 34.5 Å². The highest BCUT2D eigenvalue weighted by Gasteiger charge is 2.68. The van der Waals surface area contributed by atoms with Gasteiger partial charge in [-0.15, -0.1) is 0 Å². The Balaban J connectivity index is 1.05. The van der Waals surface area contributed by atoms with Crippen molar-refractivity contribution in [3.8, 4) is 0 Å². The quantitative estimate of drug-likeness (QED) is 0.121. The highest BCUT2D eigenvalue weighted by molar-refractivity contribution is 5.85. The molecule has 0 aromatic rings. The van der Waals surface area contributed by atoms with Gasteiger partial charge in [0.15, 0.2) is 12.6 Å². The van der Waals surface area contributed by atoms with Crippen molar-refractivity contribution in [1.82, 2.24) is 0 Å². The average molecular weight is 699 g/mol. The van der Waals surface area contributed by atoms with Gasteiger partial charge in [0.1, 0.15) is 55.4 Å². The molecule has 0 radical (unpaired) electrons. The first-order valence-corrected chi connectivity index (χ1v) is 18.1. The summed E-state index contributed by atoms with van der Waals surface area (Å²) in [5.74, 6) is 0.596. The Bertz CT molecular complexity index is 1260. The van der Waals surface area contributed by atoms with E-state index < -0.39 is 80.2 Å². The Morgan fingerprint density at radius 2 is 1.47 bits per heavy atom. The lowest BCUT2D eigenvalue weighted by Crippen LogP contribution is -2.65. The lowest BCUT2D eigenvalue weighted by molar-refractivity contribution is -0.373. The number of esters is 1. The van der Waals surface area contributed by atoms with Crippen molar-refractivity contribution >= 4 is 5.97 Å². The van der Waals surface area contributed by atoms with E-state index in [2.05, 4.69) is 13.8 Å². The van der Waals surface area contributed by atoms with E-state index in [0.717, 1.165) is 44.1 Å². The Hall–Kier alpha value is -1.27. The van der Waals surface area contributed by atoms with Gasteiger partial charge in [0, 0.05) is 11.5 Å². The van der Waals surface area contributed by atoms with E-state index in [-0.39, 0.29) is 34.7 Å². The summed E-state index contributed by atoms with van der Waals surface area (Å²) in [6.45, 7) is 3.61. The first kappa shape index (κ1) is 36.1. The van der Waals surface area contributed by atoms with Gasteiger partial charge in [-0.2, -0.15) is 0 Å². The van der Waals surface area contributed by atoms with Gasteiger partial charge in [-0.25, -0.2) is 4.79 Å². The van der Waals surface area contributed by atoms with Crippen LogP contribution >= 0.6 is 0 Å². The summed E-state index contributed by atoms with van der Waals surface area (Å²) in [6.07, 6.45) is -6.20. The van der Waals surface area contributed by atoms with Gasteiger partial charge in [-0.1, -0.05) is 13.8 Å². The minimum atomic E-state index is -1.74. The van der Waals surface area contributed by atoms with Crippen LogP contribution in [0, 0.1) is 34.5 Å². The number of hydrogen-bond acceptors (Lipinski definition) is 14. The van der Waals surface area contributed by atoms with Gasteiger partial charge in [0.25, 0.3) is 0 Å². The molecule has 3 heterocycles. The maximum absolute atomic E-state index is 12.5. The fraction of sp³-hybridized carbons (Fsp3) is 0.914. The second-order valence-electron chi connectivity index (χ2n) is 16.3. The van der Waals surface area contributed by atoms with Crippen LogP contribution < -0.4 is 0 Å². The van der Waals surface area contributed by atoms with Crippen molar-refractivity contribution in [3.05, 3.63) is 11.6 Å². The minimum Gasteiger partial charge on any atom is -0.458 e. The molecule has 0 spiro atoms. The smallest absolute Gasteiger partial charge is 0.331 e. The number of fused-ring (bicyclic) bond motifs is 5. The highest BCUT2D eigenvalue weighted by Crippen LogP contribution is 2.70. The predicted molar refractivity (Wildman–Crippen MR) is 167 cm³/mol. The molecule has 4 aliphatic carbocycles. The summed E-state index contributed by atoms with van der Waals surface area (Å²) >= 11 is 0. The summed E-state index contributed by atoms with van der Waals surface area (Å²) in [4.78, 5) is 11.9. The zero-order chi connectivity index (χ0) is 35.0. The predicted octanol–water partition coefficient (Wildman–Crippen LogP) is -0.747. The number of carbonyl (C=O) groups is 1. The molecule has 7 aliphatic rings. The van der Waals surface area contributed by atoms with E-state index in [1.807, 2.05) is 0 Å². The Kier molecular flexibility index (Phi) is 9.80. The molecule has 14 nitrogen and oxygen atoms in total. The molecule has 6 fully saturated rings. The van der Waals surface area contributed by atoms with E-state index in [0.29, 0.717) is 37.7 Å². The van der Waals surface area contributed by atoms with E-state index in [1.165, 1.54) is 0 Å². The summed E-state index contributed by atoms with van der Waals surface area (Å²) in [5.41, 5.74) is -0.165. The van der Waals surface area contributed by atoms with Crippen LogP contribution in [0.15, 0.2) is 11.6 Å². The van der Waals surface area contributed by atoms with Crippen LogP contribution in [0.2, 0.25) is 0 Å². The van der Waals surface area contributed by atoms with Crippen LogP contribution in [0.4, 0.5) is 0 Å². The molecule has 2 saturated heterocycles. The lowest BCUT2D eigenvalue weighted by atomic mass is 9.43. The Labute approximate surface area is 285 Å². The first-order chi connectivity index (χ1) is 23.3. The standard InChI is InChI=1S/C35H54O14/c1-33-8-5-18(46-32-30(28(42)26(40)23(14-37)48-32)49-31-29(43)27(41)25(39)22(13-36)47-31)12-17(33)3-4-21-20(33)6-9-34(2)19(7-10-35(21,34)44)16-11-24(38)45-15-16/h11,17-23,25-32,36-37,39-44H,3-10,12-15H2,1-2H3/t17-,18+,19-,20+,21-,22-,23-,25-,26-,27+,28+,29-,30-,31?,32?,33+,34-,35+/m1/s1. The monoisotopic (exact) mass is 698 g/mol. The van der Waals surface area contributed by atoms with Crippen LogP contribution in [-0.4, -0.2) is 140 Å². The molecule has 3 aliphatic heterocycles. The fourth-order valence-electron chi connectivity index (χ4n) is 11.3. The molecule has 7 rings (SSSR count). The third-order valence-corrected chi connectivity index (χ3v) is 14.2. The van der Waals surface area contributed by atoms with Crippen molar-refractivity contribution in [2.45, 2.75) is 145 Å². The maximum Gasteiger partial charge on any atom is 0.331 e. The van der Waals surface area contributed by atoms with E-state index in [4.69, 9.17) is 23.7 Å². The second-order valence-corrected chi connectivity index (χ2v) is 16.3. The molecule has 49 heavy (non-hydrogen) atoms. The lowest BCUT2D eigenvalue weighted by Gasteiger charge is -2.64. The molecular weight excluding hydrogens is 644 g/mol. The van der Waals surface area contributed by atoms with Gasteiger partial charge >= 0.3 is 5.97 Å². The number of aliphatic hydroxyl groups is 8. The third kappa shape index (κ3) is 5.73. The molecule has 0 aromatic heterocycles. The van der Waals surface area contributed by atoms with Crippen LogP contribution in [0.3, 0.4) is 0 Å². The van der Waals surface area contributed by atoms with Crippen LogP contribution in [0.25, 0.3) is 0 Å². The molecule has 0 bridgehead atoms. The first-order valence-electron chi connectivity index (χ1n) is 18.1. The number of aliphatic hydroxyl groups excluding tert-OH is 7. The Morgan fingerprint density at radius 3 is 2.14 bits per heavy atom. The maximum atomic E-state index is 12.5. The third-order valence-electron chi connectivity index (χ3n) is 14.2. The van der Waals surface area contributed by atoms with Gasteiger partial charge in [-0.05, 0) is 92.4 Å². The largest absolute Gasteiger partial charge is 0.458 e. The van der Waals surface area contributed by atoms with Crippen molar-refractivity contribution in [2.75, 3.05) is 19.8 Å². The molecule has 0 amide bonds. The van der Waals surface area contributed by atoms with E-state index >= 15 is 0 Å². The summed E-state index contributed by atoms with van der Waals surface area (Å²) in [6, 6.07) is 0. The zero-order valence-corrected chi connectivity index (χ0v) is 28.3. The molecule has 14 heteroatoms.